The molecule has 74 valence electrons. The summed E-state index contributed by atoms with van der Waals surface area (Å²) >= 11 is 1.78. The smallest absolute Gasteiger partial charge is 0.293 e. The van der Waals surface area contributed by atoms with Crippen molar-refractivity contribution in [3.8, 4) is 0 Å². The van der Waals surface area contributed by atoms with Crippen molar-refractivity contribution in [2.24, 2.45) is 0 Å². The summed E-state index contributed by atoms with van der Waals surface area (Å²) in [6.45, 7) is 1.65. The highest BCUT2D eigenvalue weighted by atomic mass is 32.2. The first kappa shape index (κ1) is 9.34. The highest BCUT2D eigenvalue weighted by Crippen LogP contribution is 2.45. The van der Waals surface area contributed by atoms with Gasteiger partial charge >= 0.3 is 0 Å². The zero-order valence-corrected chi connectivity index (χ0v) is 8.44. The van der Waals surface area contributed by atoms with E-state index in [1.54, 1.807) is 11.9 Å². The third-order valence-electron chi connectivity index (χ3n) is 3.05. The summed E-state index contributed by atoms with van der Waals surface area (Å²) in [7, 11) is 0. The van der Waals surface area contributed by atoms with E-state index >= 15 is 0 Å². The minimum Gasteiger partial charge on any atom is -0.463 e. The van der Waals surface area contributed by atoms with Gasteiger partial charge in [-0.25, -0.2) is 0 Å². The molecule has 1 heterocycles. The average Bonchev–Trinajstić information content (AvgIpc) is 2.59. The molecule has 13 heavy (non-hydrogen) atoms. The summed E-state index contributed by atoms with van der Waals surface area (Å²) < 4.78 is 8.66. The average molecular weight is 201 g/mol. The van der Waals surface area contributed by atoms with E-state index in [0.717, 1.165) is 19.4 Å². The van der Waals surface area contributed by atoms with E-state index in [0.29, 0.717) is 6.47 Å². The maximum atomic E-state index is 10.4. The van der Waals surface area contributed by atoms with Gasteiger partial charge in [-0.2, -0.15) is 0 Å². The second-order valence-electron chi connectivity index (χ2n) is 3.78. The fourth-order valence-electron chi connectivity index (χ4n) is 2.35. The van der Waals surface area contributed by atoms with E-state index in [4.69, 9.17) is 4.74 Å². The van der Waals surface area contributed by atoms with Crippen LogP contribution in [0.15, 0.2) is 0 Å². The lowest BCUT2D eigenvalue weighted by atomic mass is 9.83. The van der Waals surface area contributed by atoms with Crippen molar-refractivity contribution in [3.63, 3.8) is 0 Å². The lowest BCUT2D eigenvalue weighted by Crippen LogP contribution is -2.41. The van der Waals surface area contributed by atoms with Gasteiger partial charge in [0.15, 0.2) is 0 Å². The Bertz CT molecular complexity index is 192. The van der Waals surface area contributed by atoms with Crippen LogP contribution in [-0.4, -0.2) is 23.9 Å². The first-order chi connectivity index (χ1) is 6.37. The van der Waals surface area contributed by atoms with E-state index in [9.17, 15) is 4.79 Å². The molecule has 3 nitrogen and oxygen atoms in total. The van der Waals surface area contributed by atoms with Gasteiger partial charge in [0.1, 0.15) is 6.10 Å². The topological polar surface area (TPSA) is 38.3 Å². The van der Waals surface area contributed by atoms with Crippen LogP contribution in [0, 0.1) is 0 Å². The monoisotopic (exact) mass is 201 g/mol. The zero-order chi connectivity index (χ0) is 9.15. The molecule has 0 aromatic rings. The Morgan fingerprint density at radius 1 is 1.46 bits per heavy atom. The molecule has 1 saturated carbocycles. The van der Waals surface area contributed by atoms with Crippen molar-refractivity contribution in [2.45, 2.75) is 43.0 Å². The molecule has 2 atom stereocenters. The predicted octanol–water partition coefficient (Wildman–Crippen LogP) is 1.48. The number of carbonyl (C=O) groups is 1. The van der Waals surface area contributed by atoms with Gasteiger partial charge in [0, 0.05) is 6.54 Å². The van der Waals surface area contributed by atoms with Crippen LogP contribution in [0.1, 0.15) is 32.1 Å². The second kappa shape index (κ2) is 3.88. The first-order valence-corrected chi connectivity index (χ1v) is 5.69. The Balaban J connectivity index is 2.06. The molecule has 1 N–H and O–H groups in total. The summed E-state index contributed by atoms with van der Waals surface area (Å²) in [5, 5.41) is 0. The van der Waals surface area contributed by atoms with Gasteiger partial charge in [-0.1, -0.05) is 18.4 Å². The fourth-order valence-corrected chi connectivity index (χ4v) is 3.60. The van der Waals surface area contributed by atoms with Crippen molar-refractivity contribution < 1.29 is 9.53 Å². The van der Waals surface area contributed by atoms with E-state index in [1.807, 2.05) is 0 Å². The fraction of sp³-hybridized carbons (Fsp3) is 0.889. The predicted molar refractivity (Wildman–Crippen MR) is 52.3 cm³/mol. The maximum absolute atomic E-state index is 10.4. The van der Waals surface area contributed by atoms with Gasteiger partial charge in [0.05, 0.1) is 4.75 Å². The lowest BCUT2D eigenvalue weighted by molar-refractivity contribution is -0.136. The minimum absolute atomic E-state index is 0.138. The molecule has 1 spiro atoms. The summed E-state index contributed by atoms with van der Waals surface area (Å²) in [6, 6.07) is 0. The van der Waals surface area contributed by atoms with Gasteiger partial charge in [0.2, 0.25) is 0 Å². The quantitative estimate of drug-likeness (QED) is 0.542. The molecular weight excluding hydrogens is 186 g/mol. The Morgan fingerprint density at radius 2 is 2.38 bits per heavy atom. The molecule has 0 bridgehead atoms. The number of nitrogens with one attached hydrogen (secondary N) is 1. The molecule has 4 heteroatoms. The van der Waals surface area contributed by atoms with Crippen LogP contribution in [0.5, 0.6) is 0 Å². The summed E-state index contributed by atoms with van der Waals surface area (Å²) in [4.78, 5) is 10.4. The van der Waals surface area contributed by atoms with Crippen molar-refractivity contribution in [3.05, 3.63) is 0 Å². The van der Waals surface area contributed by atoms with Crippen molar-refractivity contribution in [1.82, 2.24) is 4.72 Å². The second-order valence-corrected chi connectivity index (χ2v) is 5.08. The van der Waals surface area contributed by atoms with Crippen LogP contribution in [-0.2, 0) is 9.53 Å². The molecule has 2 aliphatic rings. The standard InChI is InChI=1S/C9H15NO2S/c11-7-12-8-3-1-2-4-9(8)5-6-10-13-9/h7-8,10H,1-6H2. The molecule has 2 unspecified atom stereocenters. The summed E-state index contributed by atoms with van der Waals surface area (Å²) in [5.41, 5.74) is 0. The molecule has 1 aliphatic carbocycles. The minimum atomic E-state index is 0.138. The van der Waals surface area contributed by atoms with Gasteiger partial charge in [-0.05, 0) is 25.7 Å². The Labute approximate surface area is 82.7 Å². The zero-order valence-electron chi connectivity index (χ0n) is 7.62. The van der Waals surface area contributed by atoms with Crippen LogP contribution in [0.3, 0.4) is 0 Å². The van der Waals surface area contributed by atoms with E-state index in [1.165, 1.54) is 19.3 Å². The number of carbonyl (C=O) groups excluding carboxylic acids is 1. The van der Waals surface area contributed by atoms with Crippen LogP contribution in [0.25, 0.3) is 0 Å². The summed E-state index contributed by atoms with van der Waals surface area (Å²) in [5.74, 6) is 0. The summed E-state index contributed by atoms with van der Waals surface area (Å²) in [6.07, 6.45) is 5.96. The van der Waals surface area contributed by atoms with Gasteiger partial charge in [-0.3, -0.25) is 9.52 Å². The third kappa shape index (κ3) is 1.70. The molecule has 2 fully saturated rings. The highest BCUT2D eigenvalue weighted by Gasteiger charge is 2.45. The van der Waals surface area contributed by atoms with E-state index < -0.39 is 0 Å². The van der Waals surface area contributed by atoms with Gasteiger partial charge in [-0.15, -0.1) is 0 Å². The van der Waals surface area contributed by atoms with Gasteiger partial charge in [0.25, 0.3) is 6.47 Å². The number of ether oxygens (including phenoxy) is 1. The van der Waals surface area contributed by atoms with Crippen LogP contribution >= 0.6 is 11.9 Å². The van der Waals surface area contributed by atoms with E-state index in [-0.39, 0.29) is 10.9 Å². The van der Waals surface area contributed by atoms with Crippen LogP contribution < -0.4 is 4.72 Å². The number of hydrogen-bond acceptors (Lipinski definition) is 4. The molecule has 0 amide bonds. The van der Waals surface area contributed by atoms with Crippen molar-refractivity contribution in [1.29, 1.82) is 0 Å². The first-order valence-electron chi connectivity index (χ1n) is 4.87. The van der Waals surface area contributed by atoms with Gasteiger partial charge < -0.3 is 4.74 Å². The molecule has 1 aliphatic heterocycles. The highest BCUT2D eigenvalue weighted by molar-refractivity contribution is 7.99. The largest absolute Gasteiger partial charge is 0.463 e. The third-order valence-corrected chi connectivity index (χ3v) is 4.47. The molecule has 0 aromatic heterocycles. The Kier molecular flexibility index (Phi) is 2.79. The molecule has 1 saturated heterocycles. The molecule has 2 rings (SSSR count). The maximum Gasteiger partial charge on any atom is 0.293 e. The van der Waals surface area contributed by atoms with Crippen molar-refractivity contribution >= 4 is 18.4 Å². The molecule has 0 aromatic carbocycles. The molecule has 0 radical (unpaired) electrons. The Morgan fingerprint density at radius 3 is 3.08 bits per heavy atom. The van der Waals surface area contributed by atoms with Crippen LogP contribution in [0.2, 0.25) is 0 Å². The lowest BCUT2D eigenvalue weighted by Gasteiger charge is -2.38. The van der Waals surface area contributed by atoms with Crippen molar-refractivity contribution in [2.75, 3.05) is 6.54 Å². The van der Waals surface area contributed by atoms with E-state index in [2.05, 4.69) is 4.72 Å². The number of rotatable bonds is 2. The Hall–Kier alpha value is -0.220. The number of hydrogen-bond donors (Lipinski definition) is 1. The SMILES string of the molecule is O=COC1CCCCC12CCNS2. The molecular formula is C9H15NO2S. The van der Waals surface area contributed by atoms with Crippen LogP contribution in [0.4, 0.5) is 0 Å². The normalized spacial score (nSPS) is 39.2.